The van der Waals surface area contributed by atoms with Crippen molar-refractivity contribution in [3.63, 3.8) is 0 Å². The highest BCUT2D eigenvalue weighted by Gasteiger charge is 2.62. The number of ether oxygens (including phenoxy) is 2. The summed E-state index contributed by atoms with van der Waals surface area (Å²) in [5.41, 5.74) is -3.51. The van der Waals surface area contributed by atoms with Gasteiger partial charge in [0.2, 0.25) is 21.8 Å². The fourth-order valence-electron chi connectivity index (χ4n) is 9.70. The number of sulfonamides is 1. The van der Waals surface area contributed by atoms with Gasteiger partial charge in [-0.15, -0.1) is 6.58 Å². The number of nitrogens with zero attached hydrogens (tertiary/aromatic N) is 3. The van der Waals surface area contributed by atoms with E-state index in [0.717, 1.165) is 56.7 Å². The summed E-state index contributed by atoms with van der Waals surface area (Å²) < 4.78 is 82.7. The zero-order valence-electron chi connectivity index (χ0n) is 33.2. The molecule has 0 radical (unpaired) electrons. The highest BCUT2D eigenvalue weighted by Crippen LogP contribution is 2.46. The number of rotatable bonds is 7. The maximum atomic E-state index is 14.9. The van der Waals surface area contributed by atoms with Crippen molar-refractivity contribution >= 4 is 44.7 Å². The smallest absolute Gasteiger partial charge is 0.416 e. The molecule has 7 atom stereocenters. The SMILES string of the molecule is C=C[C@@H]1C[C@]1(NC(=O)[C@@H]1C[C@@H]2CN1C(=O)[C@H](C1CCCC1)NC(=O)O[C@@H]1CCC[C@H]1CCCCCn1c(nc3cc(C(F)(F)F)ccc3c1=O)O2)C(=O)NS(=O)(=O)C1CC1. The molecule has 4 saturated carbocycles. The standard InChI is InChI=1S/C41H51F3N6O9S/c1-2-25-21-40(25,37(54)48-60(56,57)28-15-16-28)47-34(51)31-20-27-22-50(31)36(53)33(24-10-5-6-11-24)46-39(55)59-32-13-8-12-23(32)9-4-3-7-18-49-35(52)29-17-14-26(41(42,43)44)19-30(29)45-38(49)58-27/h2,14,17,19,23-25,27-28,31-33H,1,3-13,15-16,18,20-22H2,(H,46,55)(H,47,51)(H,48,54)/t23-,25-,27-,31+,32-,33+,40-/m1/s1. The van der Waals surface area contributed by atoms with Gasteiger partial charge in [0.15, 0.2) is 0 Å². The molecule has 2 aromatic rings. The molecule has 1 saturated heterocycles. The van der Waals surface area contributed by atoms with E-state index in [4.69, 9.17) is 9.47 Å². The van der Waals surface area contributed by atoms with Crippen LogP contribution in [-0.2, 0) is 41.9 Å². The third-order valence-electron chi connectivity index (χ3n) is 13.3. The van der Waals surface area contributed by atoms with Gasteiger partial charge in [0.05, 0.1) is 28.3 Å². The number of aromatic nitrogens is 2. The van der Waals surface area contributed by atoms with Crippen LogP contribution in [0.3, 0.4) is 0 Å². The lowest BCUT2D eigenvalue weighted by Crippen LogP contribution is -2.59. The second-order valence-corrected chi connectivity index (χ2v) is 19.4. The molecule has 2 aliphatic heterocycles. The number of alkyl halides is 3. The van der Waals surface area contributed by atoms with Crippen LogP contribution in [0.5, 0.6) is 6.01 Å². The van der Waals surface area contributed by atoms with Gasteiger partial charge in [-0.1, -0.05) is 31.8 Å². The van der Waals surface area contributed by atoms with Crippen LogP contribution in [0.2, 0.25) is 0 Å². The van der Waals surface area contributed by atoms with E-state index in [0.29, 0.717) is 44.9 Å². The van der Waals surface area contributed by atoms with Crippen LogP contribution in [0.4, 0.5) is 18.0 Å². The van der Waals surface area contributed by atoms with Crippen LogP contribution in [0, 0.1) is 17.8 Å². The van der Waals surface area contributed by atoms with Gasteiger partial charge in [-0.25, -0.2) is 13.2 Å². The van der Waals surface area contributed by atoms with Crippen LogP contribution >= 0.6 is 0 Å². The first-order valence-corrected chi connectivity index (χ1v) is 22.7. The summed E-state index contributed by atoms with van der Waals surface area (Å²) in [4.78, 5) is 76.2. The summed E-state index contributed by atoms with van der Waals surface area (Å²) in [6, 6.07) is 0.0194. The van der Waals surface area contributed by atoms with Crippen LogP contribution in [0.25, 0.3) is 10.9 Å². The van der Waals surface area contributed by atoms with Crippen molar-refractivity contribution in [2.24, 2.45) is 17.8 Å². The molecule has 0 spiro atoms. The van der Waals surface area contributed by atoms with Gasteiger partial charge in [-0.2, -0.15) is 18.2 Å². The molecular weight excluding hydrogens is 810 g/mol. The fraction of sp³-hybridized carbons (Fsp3) is 0.659. The van der Waals surface area contributed by atoms with Crippen molar-refractivity contribution in [3.8, 4) is 6.01 Å². The Balaban J connectivity index is 1.16. The molecule has 0 unspecified atom stereocenters. The third-order valence-corrected chi connectivity index (χ3v) is 15.2. The first kappa shape index (κ1) is 42.0. The highest BCUT2D eigenvalue weighted by atomic mass is 32.2. The molecule has 1 aromatic carbocycles. The molecule has 60 heavy (non-hydrogen) atoms. The largest absolute Gasteiger partial charge is 0.459 e. The minimum atomic E-state index is -4.71. The van der Waals surface area contributed by atoms with Crippen molar-refractivity contribution in [2.75, 3.05) is 6.54 Å². The summed E-state index contributed by atoms with van der Waals surface area (Å²) in [5, 5.41) is 4.84. The van der Waals surface area contributed by atoms with Gasteiger partial charge in [0, 0.05) is 18.9 Å². The van der Waals surface area contributed by atoms with Gasteiger partial charge >= 0.3 is 12.3 Å². The number of hydrogen-bond acceptors (Lipinski definition) is 10. The number of carbonyl (C=O) groups excluding carboxylic acids is 4. The number of amides is 4. The van der Waals surface area contributed by atoms with E-state index >= 15 is 0 Å². The second-order valence-electron chi connectivity index (χ2n) is 17.4. The molecule has 19 heteroatoms. The summed E-state index contributed by atoms with van der Waals surface area (Å²) in [5.74, 6) is -3.11. The first-order chi connectivity index (χ1) is 28.6. The maximum absolute atomic E-state index is 14.9. The van der Waals surface area contributed by atoms with E-state index in [9.17, 15) is 45.6 Å². The average Bonchev–Trinajstić information content (AvgIpc) is 3.99. The van der Waals surface area contributed by atoms with Crippen molar-refractivity contribution in [2.45, 2.75) is 144 Å². The Morgan fingerprint density at radius 3 is 2.37 bits per heavy atom. The highest BCUT2D eigenvalue weighted by molar-refractivity contribution is 7.91. The zero-order valence-corrected chi connectivity index (χ0v) is 34.0. The zero-order chi connectivity index (χ0) is 42.6. The fourth-order valence-corrected chi connectivity index (χ4v) is 11.1. The molecule has 8 rings (SSSR count). The number of fused-ring (bicyclic) bond motifs is 5. The summed E-state index contributed by atoms with van der Waals surface area (Å²) in [6.45, 7) is 3.63. The lowest BCUT2D eigenvalue weighted by molar-refractivity contribution is -0.142. The number of hydrogen-bond donors (Lipinski definition) is 3. The third kappa shape index (κ3) is 8.46. The quantitative estimate of drug-likeness (QED) is 0.335. The number of carbonyl (C=O) groups is 4. The number of alkyl carbamates (subject to hydrolysis) is 1. The van der Waals surface area contributed by atoms with Gasteiger partial charge in [0.1, 0.15) is 29.8 Å². The number of benzene rings is 1. The van der Waals surface area contributed by atoms with Crippen LogP contribution in [0.15, 0.2) is 35.6 Å². The van der Waals surface area contributed by atoms with Gasteiger partial charge in [0.25, 0.3) is 17.5 Å². The molecule has 4 amide bonds. The van der Waals surface area contributed by atoms with E-state index < -0.39 is 86.0 Å². The Morgan fingerprint density at radius 2 is 1.67 bits per heavy atom. The summed E-state index contributed by atoms with van der Waals surface area (Å²) >= 11 is 0. The molecule has 6 aliphatic rings. The molecule has 3 heterocycles. The molecule has 1 aromatic heterocycles. The monoisotopic (exact) mass is 860 g/mol. The van der Waals surface area contributed by atoms with Crippen molar-refractivity contribution < 1.29 is 50.2 Å². The Morgan fingerprint density at radius 1 is 0.950 bits per heavy atom. The Labute approximate surface area is 345 Å². The molecule has 4 aliphatic carbocycles. The van der Waals surface area contributed by atoms with Crippen molar-refractivity contribution in [1.29, 1.82) is 0 Å². The molecular formula is C41H51F3N6O9S. The lowest BCUT2D eigenvalue weighted by Gasteiger charge is -2.32. The summed E-state index contributed by atoms with van der Waals surface area (Å²) in [6.07, 6.45) is 3.30. The van der Waals surface area contributed by atoms with E-state index in [1.165, 1.54) is 15.5 Å². The van der Waals surface area contributed by atoms with E-state index in [-0.39, 0.29) is 60.8 Å². The van der Waals surface area contributed by atoms with Crippen molar-refractivity contribution in [3.05, 3.63) is 46.8 Å². The molecule has 3 N–H and O–H groups in total. The summed E-state index contributed by atoms with van der Waals surface area (Å²) in [7, 11) is -3.98. The molecule has 15 nitrogen and oxygen atoms in total. The van der Waals surface area contributed by atoms with E-state index in [1.54, 1.807) is 0 Å². The van der Waals surface area contributed by atoms with Crippen molar-refractivity contribution in [1.82, 2.24) is 29.8 Å². The van der Waals surface area contributed by atoms with Crippen LogP contribution in [-0.4, -0.2) is 88.3 Å². The Bertz CT molecular complexity index is 2230. The minimum Gasteiger partial charge on any atom is -0.459 e. The lowest BCUT2D eigenvalue weighted by atomic mass is 9.96. The molecule has 2 bridgehead atoms. The second kappa shape index (κ2) is 16.3. The predicted octanol–water partition coefficient (Wildman–Crippen LogP) is 4.46. The normalized spacial score (nSPS) is 30.6. The Kier molecular flexibility index (Phi) is 11.4. The molecule has 5 fully saturated rings. The predicted molar refractivity (Wildman–Crippen MR) is 210 cm³/mol. The van der Waals surface area contributed by atoms with E-state index in [2.05, 4.69) is 26.9 Å². The Hall–Kier alpha value is -4.68. The average molecular weight is 861 g/mol. The minimum absolute atomic E-state index is 0.0347. The number of halogens is 3. The van der Waals surface area contributed by atoms with Crippen LogP contribution in [0.1, 0.15) is 102 Å². The first-order valence-electron chi connectivity index (χ1n) is 21.1. The number of nitrogens with one attached hydrogen (secondary N) is 3. The van der Waals surface area contributed by atoms with Crippen LogP contribution < -0.4 is 25.7 Å². The topological polar surface area (TPSA) is 195 Å². The van der Waals surface area contributed by atoms with Gasteiger partial charge < -0.3 is 25.0 Å². The maximum Gasteiger partial charge on any atom is 0.416 e. The van der Waals surface area contributed by atoms with Gasteiger partial charge in [-0.3, -0.25) is 28.5 Å². The molecule has 326 valence electrons. The van der Waals surface area contributed by atoms with E-state index in [1.807, 2.05) is 0 Å². The van der Waals surface area contributed by atoms with Gasteiger partial charge in [-0.05, 0) is 94.2 Å².